The normalized spacial score (nSPS) is 10.6. The average Bonchev–Trinajstić information content (AvgIpc) is 2.49. The van der Waals surface area contributed by atoms with Crippen molar-refractivity contribution in [2.45, 2.75) is 6.42 Å². The number of hydrogen-bond acceptors (Lipinski definition) is 3. The van der Waals surface area contributed by atoms with Crippen LogP contribution in [-0.4, -0.2) is 26.2 Å². The Morgan fingerprint density at radius 2 is 1.76 bits per heavy atom. The Bertz CT molecular complexity index is 604. The molecule has 0 saturated heterocycles. The van der Waals surface area contributed by atoms with Gasteiger partial charge in [0, 0.05) is 19.8 Å². The molecule has 1 amide bonds. The Morgan fingerprint density at radius 3 is 2.38 bits per heavy atom. The zero-order valence-corrected chi connectivity index (χ0v) is 12.3. The molecule has 0 aliphatic heterocycles. The summed E-state index contributed by atoms with van der Waals surface area (Å²) in [6.07, 6.45) is 1.97. The third kappa shape index (κ3) is 4.76. The number of hydrazone groups is 1. The number of rotatable bonds is 5. The maximum atomic E-state index is 11.7. The second kappa shape index (κ2) is 7.24. The molecule has 0 atom stereocenters. The van der Waals surface area contributed by atoms with Gasteiger partial charge in [0.05, 0.1) is 12.6 Å². The number of carbonyl (C=O) groups is 1. The lowest BCUT2D eigenvalue weighted by Gasteiger charge is -2.11. The lowest BCUT2D eigenvalue weighted by Crippen LogP contribution is -2.19. The van der Waals surface area contributed by atoms with Gasteiger partial charge in [-0.1, -0.05) is 42.5 Å². The van der Waals surface area contributed by atoms with Crippen molar-refractivity contribution < 1.29 is 4.79 Å². The Balaban J connectivity index is 1.86. The summed E-state index contributed by atoms with van der Waals surface area (Å²) in [4.78, 5) is 13.7. The maximum absolute atomic E-state index is 11.7. The van der Waals surface area contributed by atoms with E-state index >= 15 is 0 Å². The highest BCUT2D eigenvalue weighted by molar-refractivity contribution is 5.83. The van der Waals surface area contributed by atoms with Crippen LogP contribution < -0.4 is 10.3 Å². The van der Waals surface area contributed by atoms with Crippen molar-refractivity contribution >= 4 is 17.8 Å². The quantitative estimate of drug-likeness (QED) is 0.676. The molecule has 0 aliphatic carbocycles. The van der Waals surface area contributed by atoms with Gasteiger partial charge >= 0.3 is 0 Å². The molecule has 0 saturated carbocycles. The molecule has 2 rings (SSSR count). The third-order valence-electron chi connectivity index (χ3n) is 3.02. The lowest BCUT2D eigenvalue weighted by molar-refractivity contribution is -0.120. The second-order valence-corrected chi connectivity index (χ2v) is 4.94. The molecule has 0 radical (unpaired) electrons. The molecule has 4 heteroatoms. The van der Waals surface area contributed by atoms with Crippen LogP contribution >= 0.6 is 0 Å². The van der Waals surface area contributed by atoms with E-state index in [0.29, 0.717) is 6.42 Å². The van der Waals surface area contributed by atoms with Gasteiger partial charge in [0.15, 0.2) is 0 Å². The standard InChI is InChI=1S/C17H19N3O/c1-20(2)16-10-8-15(9-11-16)13-18-19-17(21)12-14-6-4-3-5-7-14/h3-11,13H,12H2,1-2H3,(H,19,21)/b18-13-. The van der Waals surface area contributed by atoms with Crippen molar-refractivity contribution in [3.05, 3.63) is 65.7 Å². The highest BCUT2D eigenvalue weighted by Gasteiger charge is 2.00. The summed E-state index contributed by atoms with van der Waals surface area (Å²) in [5.41, 5.74) is 5.58. The molecule has 108 valence electrons. The van der Waals surface area contributed by atoms with Crippen molar-refractivity contribution in [3.8, 4) is 0 Å². The maximum Gasteiger partial charge on any atom is 0.244 e. The molecular formula is C17H19N3O. The van der Waals surface area contributed by atoms with Gasteiger partial charge in [0.2, 0.25) is 5.91 Å². The number of amides is 1. The van der Waals surface area contributed by atoms with E-state index in [1.165, 1.54) is 0 Å². The van der Waals surface area contributed by atoms with Gasteiger partial charge in [-0.2, -0.15) is 5.10 Å². The Labute approximate surface area is 125 Å². The van der Waals surface area contributed by atoms with Gasteiger partial charge in [-0.05, 0) is 23.3 Å². The van der Waals surface area contributed by atoms with Crippen LogP contribution in [0.4, 0.5) is 5.69 Å². The first kappa shape index (κ1) is 14.8. The first-order chi connectivity index (χ1) is 10.1. The summed E-state index contributed by atoms with van der Waals surface area (Å²) in [6.45, 7) is 0. The molecule has 0 spiro atoms. The first-order valence-electron chi connectivity index (χ1n) is 6.78. The number of nitrogens with zero attached hydrogens (tertiary/aromatic N) is 2. The molecule has 2 aromatic rings. The summed E-state index contributed by atoms with van der Waals surface area (Å²) >= 11 is 0. The Morgan fingerprint density at radius 1 is 1.10 bits per heavy atom. The van der Waals surface area contributed by atoms with E-state index in [1.807, 2.05) is 73.6 Å². The molecule has 0 unspecified atom stereocenters. The van der Waals surface area contributed by atoms with Crippen LogP contribution in [0.2, 0.25) is 0 Å². The zero-order chi connectivity index (χ0) is 15.1. The molecule has 0 fully saturated rings. The molecule has 0 aromatic heterocycles. The zero-order valence-electron chi connectivity index (χ0n) is 12.3. The summed E-state index contributed by atoms with van der Waals surface area (Å²) < 4.78 is 0. The van der Waals surface area contributed by atoms with Crippen LogP contribution in [-0.2, 0) is 11.2 Å². The topological polar surface area (TPSA) is 44.7 Å². The van der Waals surface area contributed by atoms with E-state index in [4.69, 9.17) is 0 Å². The van der Waals surface area contributed by atoms with E-state index in [0.717, 1.165) is 16.8 Å². The SMILES string of the molecule is CN(C)c1ccc(/C=N\NC(=O)Cc2ccccc2)cc1. The van der Waals surface area contributed by atoms with Crippen LogP contribution in [0.1, 0.15) is 11.1 Å². The van der Waals surface area contributed by atoms with E-state index in [2.05, 4.69) is 10.5 Å². The fraction of sp³-hybridized carbons (Fsp3) is 0.176. The molecule has 0 heterocycles. The fourth-order valence-electron chi connectivity index (χ4n) is 1.86. The van der Waals surface area contributed by atoms with Crippen LogP contribution in [0.3, 0.4) is 0 Å². The third-order valence-corrected chi connectivity index (χ3v) is 3.02. The molecule has 0 aliphatic rings. The van der Waals surface area contributed by atoms with Crippen molar-refractivity contribution in [1.82, 2.24) is 5.43 Å². The predicted octanol–water partition coefficient (Wildman–Crippen LogP) is 2.45. The minimum absolute atomic E-state index is 0.123. The molecule has 0 bridgehead atoms. The minimum Gasteiger partial charge on any atom is -0.378 e. The smallest absolute Gasteiger partial charge is 0.244 e. The van der Waals surface area contributed by atoms with E-state index in [9.17, 15) is 4.79 Å². The summed E-state index contributed by atoms with van der Waals surface area (Å²) in [6, 6.07) is 17.5. The molecule has 4 nitrogen and oxygen atoms in total. The Kier molecular flexibility index (Phi) is 5.10. The van der Waals surface area contributed by atoms with E-state index < -0.39 is 0 Å². The number of anilines is 1. The molecule has 2 aromatic carbocycles. The molecule has 1 N–H and O–H groups in total. The predicted molar refractivity (Wildman–Crippen MR) is 86.7 cm³/mol. The summed E-state index contributed by atoms with van der Waals surface area (Å²) in [5.74, 6) is -0.123. The van der Waals surface area contributed by atoms with Crippen LogP contribution in [0, 0.1) is 0 Å². The summed E-state index contributed by atoms with van der Waals surface area (Å²) in [7, 11) is 3.99. The van der Waals surface area contributed by atoms with Gasteiger partial charge in [0.1, 0.15) is 0 Å². The van der Waals surface area contributed by atoms with Crippen molar-refractivity contribution in [1.29, 1.82) is 0 Å². The number of benzene rings is 2. The average molecular weight is 281 g/mol. The first-order valence-corrected chi connectivity index (χ1v) is 6.78. The van der Waals surface area contributed by atoms with Crippen LogP contribution in [0.15, 0.2) is 59.7 Å². The summed E-state index contributed by atoms with van der Waals surface area (Å²) in [5, 5.41) is 3.97. The molecular weight excluding hydrogens is 262 g/mol. The fourth-order valence-corrected chi connectivity index (χ4v) is 1.86. The van der Waals surface area contributed by atoms with Crippen LogP contribution in [0.25, 0.3) is 0 Å². The van der Waals surface area contributed by atoms with E-state index in [1.54, 1.807) is 6.21 Å². The van der Waals surface area contributed by atoms with Gasteiger partial charge in [0.25, 0.3) is 0 Å². The van der Waals surface area contributed by atoms with Crippen molar-refractivity contribution in [3.63, 3.8) is 0 Å². The van der Waals surface area contributed by atoms with Gasteiger partial charge in [-0.3, -0.25) is 4.79 Å². The van der Waals surface area contributed by atoms with Crippen molar-refractivity contribution in [2.75, 3.05) is 19.0 Å². The molecule has 21 heavy (non-hydrogen) atoms. The van der Waals surface area contributed by atoms with Gasteiger partial charge in [-0.25, -0.2) is 5.43 Å². The lowest BCUT2D eigenvalue weighted by atomic mass is 10.1. The van der Waals surface area contributed by atoms with Gasteiger partial charge < -0.3 is 4.90 Å². The monoisotopic (exact) mass is 281 g/mol. The number of carbonyl (C=O) groups excluding carboxylic acids is 1. The number of nitrogens with one attached hydrogen (secondary N) is 1. The number of hydrogen-bond donors (Lipinski definition) is 1. The second-order valence-electron chi connectivity index (χ2n) is 4.94. The van der Waals surface area contributed by atoms with Crippen molar-refractivity contribution in [2.24, 2.45) is 5.10 Å². The minimum atomic E-state index is -0.123. The largest absolute Gasteiger partial charge is 0.378 e. The van der Waals surface area contributed by atoms with Crippen LogP contribution in [0.5, 0.6) is 0 Å². The highest BCUT2D eigenvalue weighted by atomic mass is 16.2. The Hall–Kier alpha value is -2.62. The highest BCUT2D eigenvalue weighted by Crippen LogP contribution is 2.10. The van der Waals surface area contributed by atoms with E-state index in [-0.39, 0.29) is 5.91 Å². The van der Waals surface area contributed by atoms with Gasteiger partial charge in [-0.15, -0.1) is 0 Å².